The molecular formula is C16H20N2O2S. The van der Waals surface area contributed by atoms with Crippen LogP contribution >= 0.6 is 11.3 Å². The number of aliphatic hydroxyl groups is 1. The summed E-state index contributed by atoms with van der Waals surface area (Å²) in [5.74, 6) is 0.434. The van der Waals surface area contributed by atoms with E-state index < -0.39 is 5.54 Å². The summed E-state index contributed by atoms with van der Waals surface area (Å²) in [6, 6.07) is 5.55. The molecule has 0 radical (unpaired) electrons. The van der Waals surface area contributed by atoms with Crippen LogP contribution in [-0.4, -0.2) is 28.1 Å². The molecule has 4 nitrogen and oxygen atoms in total. The van der Waals surface area contributed by atoms with Crippen molar-refractivity contribution in [2.45, 2.75) is 38.1 Å². The SMILES string of the molecule is CC1CCCC(CO)(NC(=O)c2ccc3ncsc3c2)C1. The molecule has 1 fully saturated rings. The lowest BCUT2D eigenvalue weighted by Gasteiger charge is -2.39. The molecule has 1 aliphatic rings. The number of amides is 1. The van der Waals surface area contributed by atoms with E-state index in [-0.39, 0.29) is 12.5 Å². The lowest BCUT2D eigenvalue weighted by molar-refractivity contribution is 0.0697. The van der Waals surface area contributed by atoms with Crippen molar-refractivity contribution in [3.05, 3.63) is 29.3 Å². The maximum absolute atomic E-state index is 12.5. The van der Waals surface area contributed by atoms with E-state index in [0.29, 0.717) is 11.5 Å². The first kappa shape index (κ1) is 14.5. The number of carbonyl (C=O) groups excluding carboxylic acids is 1. The van der Waals surface area contributed by atoms with Crippen LogP contribution in [0.15, 0.2) is 23.7 Å². The second-order valence-electron chi connectivity index (χ2n) is 6.13. The molecule has 2 unspecified atom stereocenters. The summed E-state index contributed by atoms with van der Waals surface area (Å²) in [4.78, 5) is 16.7. The third-order valence-electron chi connectivity index (χ3n) is 4.37. The third-order valence-corrected chi connectivity index (χ3v) is 5.16. The first-order valence-corrected chi connectivity index (χ1v) is 8.26. The monoisotopic (exact) mass is 304 g/mol. The van der Waals surface area contributed by atoms with E-state index in [1.807, 2.05) is 12.1 Å². The molecule has 1 aliphatic carbocycles. The summed E-state index contributed by atoms with van der Waals surface area (Å²) >= 11 is 1.53. The number of rotatable bonds is 3. The Hall–Kier alpha value is -1.46. The number of nitrogens with one attached hydrogen (secondary N) is 1. The highest BCUT2D eigenvalue weighted by Crippen LogP contribution is 2.32. The van der Waals surface area contributed by atoms with Crippen LogP contribution in [0, 0.1) is 5.92 Å². The van der Waals surface area contributed by atoms with Gasteiger partial charge in [-0.25, -0.2) is 4.98 Å². The summed E-state index contributed by atoms with van der Waals surface area (Å²) in [6.45, 7) is 2.19. The van der Waals surface area contributed by atoms with Crippen molar-refractivity contribution >= 4 is 27.5 Å². The molecule has 1 aromatic carbocycles. The van der Waals surface area contributed by atoms with E-state index >= 15 is 0 Å². The zero-order valence-electron chi connectivity index (χ0n) is 12.1. The molecule has 1 heterocycles. The number of hydrogen-bond acceptors (Lipinski definition) is 4. The zero-order valence-corrected chi connectivity index (χ0v) is 12.9. The van der Waals surface area contributed by atoms with Crippen LogP contribution in [-0.2, 0) is 0 Å². The Morgan fingerprint density at radius 2 is 2.43 bits per heavy atom. The molecule has 112 valence electrons. The topological polar surface area (TPSA) is 62.2 Å². The summed E-state index contributed by atoms with van der Waals surface area (Å²) in [5.41, 5.74) is 2.87. The van der Waals surface area contributed by atoms with Crippen LogP contribution < -0.4 is 5.32 Å². The van der Waals surface area contributed by atoms with Crippen LogP contribution in [0.5, 0.6) is 0 Å². The molecule has 2 N–H and O–H groups in total. The van der Waals surface area contributed by atoms with E-state index in [0.717, 1.165) is 29.5 Å². The maximum Gasteiger partial charge on any atom is 0.251 e. The van der Waals surface area contributed by atoms with Crippen LogP contribution in [0.2, 0.25) is 0 Å². The van der Waals surface area contributed by atoms with Gasteiger partial charge in [0.2, 0.25) is 0 Å². The van der Waals surface area contributed by atoms with E-state index in [9.17, 15) is 9.90 Å². The van der Waals surface area contributed by atoms with Crippen molar-refractivity contribution in [1.82, 2.24) is 10.3 Å². The fourth-order valence-electron chi connectivity index (χ4n) is 3.27. The fourth-order valence-corrected chi connectivity index (χ4v) is 3.98. The third kappa shape index (κ3) is 2.94. The number of fused-ring (bicyclic) bond motifs is 1. The van der Waals surface area contributed by atoms with Crippen molar-refractivity contribution in [3.8, 4) is 0 Å². The number of aromatic nitrogens is 1. The van der Waals surface area contributed by atoms with Crippen LogP contribution in [0.3, 0.4) is 0 Å². The number of nitrogens with zero attached hydrogens (tertiary/aromatic N) is 1. The van der Waals surface area contributed by atoms with Crippen molar-refractivity contribution < 1.29 is 9.90 Å². The Balaban J connectivity index is 1.80. The summed E-state index contributed by atoms with van der Waals surface area (Å²) in [6.07, 6.45) is 3.92. The number of benzene rings is 1. The molecule has 0 spiro atoms. The lowest BCUT2D eigenvalue weighted by Crippen LogP contribution is -2.53. The molecule has 2 atom stereocenters. The summed E-state index contributed by atoms with van der Waals surface area (Å²) in [5, 5.41) is 12.9. The van der Waals surface area contributed by atoms with E-state index in [1.165, 1.54) is 17.8 Å². The molecule has 1 amide bonds. The Morgan fingerprint density at radius 1 is 1.57 bits per heavy atom. The molecule has 0 bridgehead atoms. The highest BCUT2D eigenvalue weighted by atomic mass is 32.1. The van der Waals surface area contributed by atoms with Gasteiger partial charge in [-0.3, -0.25) is 4.79 Å². The van der Waals surface area contributed by atoms with Gasteiger partial charge in [0.1, 0.15) is 0 Å². The molecule has 2 aromatic rings. The first-order valence-electron chi connectivity index (χ1n) is 7.38. The molecule has 0 aliphatic heterocycles. The Kier molecular flexibility index (Phi) is 3.95. The Labute approximate surface area is 128 Å². The highest BCUT2D eigenvalue weighted by Gasteiger charge is 2.35. The Morgan fingerprint density at radius 3 is 3.19 bits per heavy atom. The Bertz CT molecular complexity index is 655. The van der Waals surface area contributed by atoms with E-state index in [2.05, 4.69) is 17.2 Å². The molecule has 0 saturated heterocycles. The zero-order chi connectivity index (χ0) is 14.9. The van der Waals surface area contributed by atoms with Gasteiger partial charge in [-0.1, -0.05) is 19.8 Å². The molecule has 1 saturated carbocycles. The van der Waals surface area contributed by atoms with E-state index in [1.54, 1.807) is 11.6 Å². The minimum Gasteiger partial charge on any atom is -0.394 e. The van der Waals surface area contributed by atoms with Crippen LogP contribution in [0.1, 0.15) is 43.0 Å². The average molecular weight is 304 g/mol. The quantitative estimate of drug-likeness (QED) is 0.916. The van der Waals surface area contributed by atoms with Crippen molar-refractivity contribution in [1.29, 1.82) is 0 Å². The number of hydrogen-bond donors (Lipinski definition) is 2. The van der Waals surface area contributed by atoms with Crippen LogP contribution in [0.4, 0.5) is 0 Å². The number of thiazole rings is 1. The van der Waals surface area contributed by atoms with Gasteiger partial charge in [0.25, 0.3) is 5.91 Å². The maximum atomic E-state index is 12.5. The van der Waals surface area contributed by atoms with Gasteiger partial charge in [0.15, 0.2) is 0 Å². The predicted octanol–water partition coefficient (Wildman–Crippen LogP) is 2.97. The normalized spacial score (nSPS) is 25.9. The van der Waals surface area contributed by atoms with Crippen molar-refractivity contribution in [2.24, 2.45) is 5.92 Å². The molecular weight excluding hydrogens is 284 g/mol. The second-order valence-corrected chi connectivity index (χ2v) is 7.02. The smallest absolute Gasteiger partial charge is 0.251 e. The average Bonchev–Trinajstić information content (AvgIpc) is 2.94. The van der Waals surface area contributed by atoms with Gasteiger partial charge in [-0.15, -0.1) is 11.3 Å². The highest BCUT2D eigenvalue weighted by molar-refractivity contribution is 7.16. The van der Waals surface area contributed by atoms with Crippen molar-refractivity contribution in [3.63, 3.8) is 0 Å². The molecule has 3 rings (SSSR count). The van der Waals surface area contributed by atoms with Gasteiger partial charge in [0, 0.05) is 5.56 Å². The molecule has 5 heteroatoms. The number of carbonyl (C=O) groups is 1. The summed E-state index contributed by atoms with van der Waals surface area (Å²) in [7, 11) is 0. The molecule has 21 heavy (non-hydrogen) atoms. The number of aliphatic hydroxyl groups excluding tert-OH is 1. The van der Waals surface area contributed by atoms with Crippen molar-refractivity contribution in [2.75, 3.05) is 6.61 Å². The van der Waals surface area contributed by atoms with Gasteiger partial charge >= 0.3 is 0 Å². The molecule has 1 aromatic heterocycles. The predicted molar refractivity (Wildman–Crippen MR) is 84.5 cm³/mol. The van der Waals surface area contributed by atoms with E-state index in [4.69, 9.17) is 0 Å². The standard InChI is InChI=1S/C16H20N2O2S/c1-11-3-2-6-16(8-11,9-19)18-15(20)12-4-5-13-14(7-12)21-10-17-13/h4-5,7,10-11,19H,2-3,6,8-9H2,1H3,(H,18,20). The first-order chi connectivity index (χ1) is 10.1. The second kappa shape index (κ2) is 5.73. The van der Waals surface area contributed by atoms with Gasteiger partial charge in [-0.2, -0.15) is 0 Å². The minimum absolute atomic E-state index is 0.00584. The van der Waals surface area contributed by atoms with Crippen LogP contribution in [0.25, 0.3) is 10.2 Å². The summed E-state index contributed by atoms with van der Waals surface area (Å²) < 4.78 is 1.01. The lowest BCUT2D eigenvalue weighted by atomic mass is 9.76. The van der Waals surface area contributed by atoms with Gasteiger partial charge in [-0.05, 0) is 37.0 Å². The van der Waals surface area contributed by atoms with Gasteiger partial charge in [0.05, 0.1) is 27.9 Å². The van der Waals surface area contributed by atoms with Gasteiger partial charge < -0.3 is 10.4 Å². The largest absolute Gasteiger partial charge is 0.394 e. The minimum atomic E-state index is -0.461. The fraction of sp³-hybridized carbons (Fsp3) is 0.500.